The number of carbonyl (C=O) groups excluding carboxylic acids is 2. The third-order valence-electron chi connectivity index (χ3n) is 3.77. The van der Waals surface area contributed by atoms with E-state index in [0.717, 1.165) is 11.3 Å². The number of halogens is 1. The first-order valence-corrected chi connectivity index (χ1v) is 8.87. The topological polar surface area (TPSA) is 96.0 Å². The summed E-state index contributed by atoms with van der Waals surface area (Å²) in [5, 5.41) is 9.11. The number of amides is 2. The van der Waals surface area contributed by atoms with Crippen LogP contribution in [-0.2, 0) is 11.3 Å². The molecule has 0 atom stereocenters. The Hall–Kier alpha value is -3.45. The number of nitrogens with one attached hydrogen (secondary N) is 3. The van der Waals surface area contributed by atoms with Crippen molar-refractivity contribution >= 4 is 40.7 Å². The Morgan fingerprint density at radius 1 is 0.964 bits per heavy atom. The van der Waals surface area contributed by atoms with Gasteiger partial charge in [-0.15, -0.1) is 0 Å². The van der Waals surface area contributed by atoms with E-state index < -0.39 is 0 Å². The van der Waals surface area contributed by atoms with Gasteiger partial charge in [0.2, 0.25) is 11.9 Å². The molecular formula is C20H18ClN5O2. The van der Waals surface area contributed by atoms with Crippen LogP contribution in [0.4, 0.5) is 17.3 Å². The number of carbonyl (C=O) groups is 2. The highest BCUT2D eigenvalue weighted by Crippen LogP contribution is 2.17. The van der Waals surface area contributed by atoms with Crippen LogP contribution in [0.15, 0.2) is 60.9 Å². The summed E-state index contributed by atoms with van der Waals surface area (Å²) in [6, 6.07) is 14.4. The molecule has 0 aliphatic rings. The van der Waals surface area contributed by atoms with E-state index in [1.165, 1.54) is 19.3 Å². The van der Waals surface area contributed by atoms with Crippen LogP contribution in [-0.4, -0.2) is 21.8 Å². The van der Waals surface area contributed by atoms with Crippen LogP contribution in [0.3, 0.4) is 0 Å². The van der Waals surface area contributed by atoms with Crippen molar-refractivity contribution in [3.63, 3.8) is 0 Å². The molecule has 0 spiro atoms. The minimum Gasteiger partial charge on any atom is -0.348 e. The Morgan fingerprint density at radius 3 is 2.25 bits per heavy atom. The number of hydrogen-bond donors (Lipinski definition) is 3. The number of benzene rings is 2. The first kappa shape index (κ1) is 19.3. The first-order chi connectivity index (χ1) is 13.5. The summed E-state index contributed by atoms with van der Waals surface area (Å²) < 4.78 is 0. The maximum absolute atomic E-state index is 12.2. The lowest BCUT2D eigenvalue weighted by Gasteiger charge is -2.08. The monoisotopic (exact) mass is 395 g/mol. The van der Waals surface area contributed by atoms with Gasteiger partial charge in [0.15, 0.2) is 0 Å². The van der Waals surface area contributed by atoms with Crippen LogP contribution in [0.5, 0.6) is 0 Å². The molecule has 0 aliphatic heterocycles. The molecule has 0 saturated heterocycles. The first-order valence-electron chi connectivity index (χ1n) is 8.49. The molecule has 0 bridgehead atoms. The van der Waals surface area contributed by atoms with E-state index in [0.29, 0.717) is 28.8 Å². The van der Waals surface area contributed by atoms with Crippen molar-refractivity contribution in [1.29, 1.82) is 0 Å². The van der Waals surface area contributed by atoms with Crippen LogP contribution in [0.2, 0.25) is 5.02 Å². The zero-order valence-corrected chi connectivity index (χ0v) is 15.8. The van der Waals surface area contributed by atoms with Gasteiger partial charge in [-0.1, -0.05) is 29.8 Å². The minimum atomic E-state index is -0.286. The summed E-state index contributed by atoms with van der Waals surface area (Å²) in [6.07, 6.45) is 2.89. The van der Waals surface area contributed by atoms with Gasteiger partial charge in [-0.05, 0) is 35.9 Å². The third-order valence-corrected chi connectivity index (χ3v) is 4.14. The molecule has 142 valence electrons. The highest BCUT2D eigenvalue weighted by atomic mass is 35.5. The second-order valence-electron chi connectivity index (χ2n) is 5.95. The van der Waals surface area contributed by atoms with Gasteiger partial charge < -0.3 is 16.0 Å². The van der Waals surface area contributed by atoms with Crippen molar-refractivity contribution in [2.24, 2.45) is 0 Å². The molecule has 0 unspecified atom stereocenters. The quantitative estimate of drug-likeness (QED) is 0.590. The van der Waals surface area contributed by atoms with Crippen molar-refractivity contribution in [1.82, 2.24) is 15.3 Å². The molecule has 1 aromatic heterocycles. The predicted octanol–water partition coefficient (Wildman–Crippen LogP) is 3.76. The second-order valence-corrected chi connectivity index (χ2v) is 6.36. The number of hydrogen-bond acceptors (Lipinski definition) is 5. The van der Waals surface area contributed by atoms with Gasteiger partial charge in [0, 0.05) is 42.3 Å². The summed E-state index contributed by atoms with van der Waals surface area (Å²) in [6.45, 7) is 1.77. The Bertz CT molecular complexity index is 975. The van der Waals surface area contributed by atoms with Crippen LogP contribution < -0.4 is 16.0 Å². The molecule has 3 aromatic rings. The molecule has 2 amide bonds. The van der Waals surface area contributed by atoms with Crippen LogP contribution >= 0.6 is 11.6 Å². The van der Waals surface area contributed by atoms with E-state index in [1.807, 2.05) is 18.2 Å². The zero-order valence-electron chi connectivity index (χ0n) is 15.1. The second kappa shape index (κ2) is 8.96. The number of rotatable bonds is 6. The minimum absolute atomic E-state index is 0.132. The molecule has 0 radical (unpaired) electrons. The van der Waals surface area contributed by atoms with Crippen molar-refractivity contribution in [2.45, 2.75) is 13.5 Å². The molecule has 28 heavy (non-hydrogen) atoms. The summed E-state index contributed by atoms with van der Waals surface area (Å²) in [5.41, 5.74) is 2.63. The number of anilines is 3. The Balaban J connectivity index is 1.57. The van der Waals surface area contributed by atoms with E-state index in [4.69, 9.17) is 11.6 Å². The normalized spacial score (nSPS) is 10.2. The highest BCUT2D eigenvalue weighted by molar-refractivity contribution is 6.31. The summed E-state index contributed by atoms with van der Waals surface area (Å²) in [7, 11) is 0. The molecule has 0 aliphatic carbocycles. The molecule has 7 nitrogen and oxygen atoms in total. The molecule has 1 heterocycles. The van der Waals surface area contributed by atoms with Crippen molar-refractivity contribution in [2.75, 3.05) is 10.6 Å². The molecule has 8 heteroatoms. The van der Waals surface area contributed by atoms with Gasteiger partial charge in [0.1, 0.15) is 0 Å². The average molecular weight is 396 g/mol. The lowest BCUT2D eigenvalue weighted by Crippen LogP contribution is -2.23. The van der Waals surface area contributed by atoms with Crippen LogP contribution in [0.1, 0.15) is 22.8 Å². The molecular weight excluding hydrogens is 378 g/mol. The lowest BCUT2D eigenvalue weighted by molar-refractivity contribution is -0.114. The molecule has 0 fully saturated rings. The third kappa shape index (κ3) is 5.28. The average Bonchev–Trinajstić information content (AvgIpc) is 2.69. The fourth-order valence-electron chi connectivity index (χ4n) is 2.40. The standard InChI is InChI=1S/C20H18ClN5O2/c1-13(27)25-16-6-8-17(9-7-16)26-20-23-11-15(12-24-20)19(28)22-10-14-4-2-3-5-18(14)21/h2-9,11-12H,10H2,1H3,(H,22,28)(H,25,27)(H,23,24,26). The predicted molar refractivity (Wildman–Crippen MR) is 109 cm³/mol. The summed E-state index contributed by atoms with van der Waals surface area (Å²) in [4.78, 5) is 31.6. The Kier molecular flexibility index (Phi) is 6.18. The smallest absolute Gasteiger partial charge is 0.254 e. The molecule has 2 aromatic carbocycles. The van der Waals surface area contributed by atoms with Crippen LogP contribution in [0.25, 0.3) is 0 Å². The maximum atomic E-state index is 12.2. The van der Waals surface area contributed by atoms with E-state index >= 15 is 0 Å². The van der Waals surface area contributed by atoms with E-state index in [-0.39, 0.29) is 11.8 Å². The Morgan fingerprint density at radius 2 is 1.61 bits per heavy atom. The van der Waals surface area contributed by atoms with Gasteiger partial charge in [-0.25, -0.2) is 9.97 Å². The van der Waals surface area contributed by atoms with Crippen LogP contribution in [0, 0.1) is 0 Å². The van der Waals surface area contributed by atoms with E-state index in [9.17, 15) is 9.59 Å². The Labute approximate surface area is 167 Å². The lowest BCUT2D eigenvalue weighted by atomic mass is 10.2. The van der Waals surface area contributed by atoms with Crippen molar-refractivity contribution in [3.8, 4) is 0 Å². The zero-order chi connectivity index (χ0) is 19.9. The fraction of sp³-hybridized carbons (Fsp3) is 0.100. The SMILES string of the molecule is CC(=O)Nc1ccc(Nc2ncc(C(=O)NCc3ccccc3Cl)cn2)cc1. The molecule has 0 saturated carbocycles. The summed E-state index contributed by atoms with van der Waals surface area (Å²) in [5.74, 6) is -0.0616. The van der Waals surface area contributed by atoms with Crippen molar-refractivity contribution < 1.29 is 9.59 Å². The van der Waals surface area contributed by atoms with E-state index in [2.05, 4.69) is 25.9 Å². The van der Waals surface area contributed by atoms with Gasteiger partial charge in [-0.2, -0.15) is 0 Å². The van der Waals surface area contributed by atoms with E-state index in [1.54, 1.807) is 30.3 Å². The van der Waals surface area contributed by atoms with Crippen molar-refractivity contribution in [3.05, 3.63) is 77.1 Å². The van der Waals surface area contributed by atoms with Gasteiger partial charge >= 0.3 is 0 Å². The van der Waals surface area contributed by atoms with Gasteiger partial charge in [0.25, 0.3) is 5.91 Å². The largest absolute Gasteiger partial charge is 0.348 e. The summed E-state index contributed by atoms with van der Waals surface area (Å²) >= 11 is 6.08. The maximum Gasteiger partial charge on any atom is 0.254 e. The molecule has 3 N–H and O–H groups in total. The number of aromatic nitrogens is 2. The number of nitrogens with zero attached hydrogens (tertiary/aromatic N) is 2. The van der Waals surface area contributed by atoms with Gasteiger partial charge in [-0.3, -0.25) is 9.59 Å². The highest BCUT2D eigenvalue weighted by Gasteiger charge is 2.08. The molecule has 3 rings (SSSR count). The fourth-order valence-corrected chi connectivity index (χ4v) is 2.60. The van der Waals surface area contributed by atoms with Gasteiger partial charge in [0.05, 0.1) is 5.56 Å².